The van der Waals surface area contributed by atoms with E-state index in [0.717, 1.165) is 37.8 Å². The lowest BCUT2D eigenvalue weighted by Crippen LogP contribution is -2.43. The summed E-state index contributed by atoms with van der Waals surface area (Å²) in [6.45, 7) is 37.3. The number of anilines is 4. The number of benzene rings is 4. The van der Waals surface area contributed by atoms with Crippen LogP contribution in [-0.2, 0) is 4.74 Å². The van der Waals surface area contributed by atoms with E-state index in [1.54, 1.807) is 63.4 Å². The number of imidazole rings is 4. The minimum Gasteiger partial charge on any atom is -0.490 e. The molecule has 137 heavy (non-hydrogen) atoms. The molecule has 0 radical (unpaired) electrons. The zero-order valence-electron chi connectivity index (χ0n) is 81.0. The van der Waals surface area contributed by atoms with Gasteiger partial charge in [0, 0.05) is 134 Å². The van der Waals surface area contributed by atoms with Crippen molar-refractivity contribution in [1.82, 2.24) is 83.2 Å². The van der Waals surface area contributed by atoms with E-state index >= 15 is 17.6 Å². The maximum absolute atomic E-state index is 15.4. The number of carbonyl (C=O) groups excluding carboxylic acids is 4. The highest BCUT2D eigenvalue weighted by Gasteiger charge is 2.46. The first kappa shape index (κ1) is 104. The van der Waals surface area contributed by atoms with Crippen LogP contribution in [0.4, 0.5) is 45.2 Å². The SMILES string of the molecule is CCOCC1(NC(=O)c2c(F)c(Cl)cc(C(C)c3nc(C)c4c(N)nccn34)c2OC(C)C)CC1.Cc1nc(C(C)c2cc(Cl)c(F)c(C(=O)N3CCC(C)(F)CC3)c2OC(C)C)n2ccnc(N)c12.Cc1nc(C(C)c2cc(Cl)c(F)c(C(=O)NC3CCC(C)C3)c2OC(C)C)n2ccnc(N)c12.Cc1nc(C(C)c2cc(Cl)c(F)c(C(=O)NCCN(C)C)c2OC(C)C)n2ccnc(N)c12. The highest BCUT2D eigenvalue weighted by molar-refractivity contribution is 6.32. The van der Waals surface area contributed by atoms with Crippen molar-refractivity contribution in [1.29, 1.82) is 0 Å². The lowest BCUT2D eigenvalue weighted by atomic mass is 9.93. The Balaban J connectivity index is 0.000000164. The van der Waals surface area contributed by atoms with E-state index in [2.05, 4.69) is 47.8 Å². The van der Waals surface area contributed by atoms with Crippen LogP contribution in [0.3, 0.4) is 0 Å². The number of likely N-dealkylation sites (tertiary alicyclic amines) is 1. The molecule has 6 atom stereocenters. The van der Waals surface area contributed by atoms with Crippen LogP contribution in [0.2, 0.25) is 20.1 Å². The summed E-state index contributed by atoms with van der Waals surface area (Å²) < 4.78 is 113. The molecule has 1 aliphatic heterocycles. The molecule has 11 N–H and O–H groups in total. The second-order valence-electron chi connectivity index (χ2n) is 37.0. The number of amides is 4. The molecular formula is C98H122Cl4F5N21O9. The number of hydrogen-bond acceptors (Lipinski definition) is 22. The second kappa shape index (κ2) is 43.2. The zero-order valence-corrected chi connectivity index (χ0v) is 84.1. The van der Waals surface area contributed by atoms with Gasteiger partial charge in [-0.25, -0.2) is 61.8 Å². The van der Waals surface area contributed by atoms with Gasteiger partial charge < -0.3 is 72.4 Å². The fraction of sp³-hybridized carbons (Fsp3) is 0.469. The topological polar surface area (TPSA) is 382 Å². The fourth-order valence-electron chi connectivity index (χ4n) is 17.4. The highest BCUT2D eigenvalue weighted by Crippen LogP contribution is 2.48. The highest BCUT2D eigenvalue weighted by atomic mass is 35.5. The van der Waals surface area contributed by atoms with Crippen molar-refractivity contribution in [3.05, 3.63) is 208 Å². The molecule has 30 nitrogen and oxygen atoms in total. The van der Waals surface area contributed by atoms with Gasteiger partial charge in [-0.2, -0.15) is 0 Å². The number of nitrogen functional groups attached to an aromatic ring is 4. The molecule has 736 valence electrons. The Hall–Kier alpha value is -11.6. The Morgan fingerprint density at radius 1 is 0.489 bits per heavy atom. The molecule has 2 saturated carbocycles. The van der Waals surface area contributed by atoms with Crippen LogP contribution < -0.4 is 57.8 Å². The largest absolute Gasteiger partial charge is 0.490 e. The second-order valence-corrected chi connectivity index (χ2v) is 38.6. The van der Waals surface area contributed by atoms with Crippen molar-refractivity contribution in [2.45, 2.75) is 242 Å². The number of nitrogens with zero attached hydrogens (tertiary/aromatic N) is 14. The third kappa shape index (κ3) is 22.7. The molecule has 12 aromatic rings. The van der Waals surface area contributed by atoms with Crippen LogP contribution in [-0.4, -0.2) is 186 Å². The van der Waals surface area contributed by atoms with Gasteiger partial charge in [0.25, 0.3) is 23.6 Å². The summed E-state index contributed by atoms with van der Waals surface area (Å²) in [6, 6.07) is 6.00. The summed E-state index contributed by atoms with van der Waals surface area (Å²) in [6.07, 6.45) is 16.8. The van der Waals surface area contributed by atoms with E-state index in [0.29, 0.717) is 140 Å². The molecule has 3 fully saturated rings. The number of hydrogen-bond donors (Lipinski definition) is 7. The Morgan fingerprint density at radius 3 is 1.10 bits per heavy atom. The van der Waals surface area contributed by atoms with Crippen LogP contribution in [0.15, 0.2) is 73.8 Å². The van der Waals surface area contributed by atoms with Gasteiger partial charge in [-0.05, 0) is 186 Å². The normalized spacial score (nSPS) is 15.9. The first-order valence-electron chi connectivity index (χ1n) is 45.8. The van der Waals surface area contributed by atoms with Gasteiger partial charge in [0.2, 0.25) is 0 Å². The molecule has 0 spiro atoms. The summed E-state index contributed by atoms with van der Waals surface area (Å²) in [4.78, 5) is 92.1. The third-order valence-electron chi connectivity index (χ3n) is 24.4. The molecule has 9 heterocycles. The molecule has 4 amide bonds. The first-order valence-corrected chi connectivity index (χ1v) is 47.3. The number of likely N-dealkylation sites (N-methyl/N-ethyl adjacent to an activating group) is 1. The van der Waals surface area contributed by atoms with Gasteiger partial charge in [-0.1, -0.05) is 81.0 Å². The van der Waals surface area contributed by atoms with Crippen molar-refractivity contribution in [2.24, 2.45) is 5.92 Å². The number of ether oxygens (including phenoxy) is 5. The van der Waals surface area contributed by atoms with Crippen molar-refractivity contribution >= 4 is 115 Å². The Labute approximate surface area is 813 Å². The molecule has 3 aliphatic rings. The van der Waals surface area contributed by atoms with Gasteiger partial charge >= 0.3 is 0 Å². The number of aryl methyl sites for hydroxylation is 4. The van der Waals surface area contributed by atoms with Crippen LogP contribution in [0.1, 0.15) is 282 Å². The Kier molecular flexibility index (Phi) is 32.9. The van der Waals surface area contributed by atoms with Crippen molar-refractivity contribution < 1.29 is 64.8 Å². The number of nitrogens with one attached hydrogen (secondary N) is 3. The minimum atomic E-state index is -1.35. The Bertz CT molecular complexity index is 6510. The molecule has 0 bridgehead atoms. The monoisotopic (exact) mass is 1970 g/mol. The standard InChI is InChI=1S/C25H30ClF2N5O2.C25H31ClFN5O3.C25H31ClFN5O2.C23H30ClFN6O2/c1-13(2)35-21-16(14(3)23-31-15(4)20-22(29)30-8-11-33(20)23)12-17(26)19(27)18(21)24(34)32-9-6-25(5,28)7-10-32;1-6-34-12-25(7-8-25)31-24(33)18-19(27)17(26)11-16(21(18)35-13(2)3)14(4)23-30-15(5)20-22(28)29-9-10-32(20)23;1-12(2)34-22-17(14(4)24-30-15(5)21-23(28)29-8-9-32(21)24)11-18(26)20(27)19(22)25(33)31-16-7-6-13(3)10-16;1-12(2)33-20-15(11-16(24)18(25)17(20)23(32)28-7-9-30(5)6)13(3)22-29-14(4)19-21(26)27-8-10-31(19)22/h8,11-14H,6-7,9-10H2,1-5H3,(H2,29,30);9-11,13-14H,6-8,12H2,1-5H3,(H2,28,29)(H,31,33);8-9,11-14,16H,6-7,10H2,1-5H3,(H2,28,29)(H,31,33);8,10-13H,7,9H2,1-6H3,(H2,26,27)(H,28,32). The predicted molar refractivity (Wildman–Crippen MR) is 523 cm³/mol. The molecular weight excluding hydrogens is 1850 g/mol. The van der Waals surface area contributed by atoms with E-state index in [-0.39, 0.29) is 128 Å². The summed E-state index contributed by atoms with van der Waals surface area (Å²) >= 11 is 25.2. The van der Waals surface area contributed by atoms with E-state index < -0.39 is 75.9 Å². The van der Waals surface area contributed by atoms with Gasteiger partial charge in [-0.15, -0.1) is 0 Å². The van der Waals surface area contributed by atoms with Crippen molar-refractivity contribution in [3.8, 4) is 23.0 Å². The fourth-order valence-corrected chi connectivity index (χ4v) is 18.2. The molecule has 2 aliphatic carbocycles. The maximum Gasteiger partial charge on any atom is 0.260 e. The minimum absolute atomic E-state index is 0.00280. The average molecular weight is 1970 g/mol. The summed E-state index contributed by atoms with van der Waals surface area (Å²) in [5, 5.41) is 8.04. The van der Waals surface area contributed by atoms with E-state index in [1.165, 1.54) is 36.1 Å². The quantitative estimate of drug-likeness (QED) is 0.0224. The Morgan fingerprint density at radius 2 is 0.803 bits per heavy atom. The number of alkyl halides is 1. The van der Waals surface area contributed by atoms with Gasteiger partial charge in [0.1, 0.15) is 120 Å². The smallest absolute Gasteiger partial charge is 0.260 e. The summed E-state index contributed by atoms with van der Waals surface area (Å²) in [7, 11) is 3.77. The van der Waals surface area contributed by atoms with Crippen LogP contribution in [0.5, 0.6) is 23.0 Å². The van der Waals surface area contributed by atoms with Crippen molar-refractivity contribution in [3.63, 3.8) is 0 Å². The molecule has 1 saturated heterocycles. The number of halogens is 9. The van der Waals surface area contributed by atoms with Crippen molar-refractivity contribution in [2.75, 3.05) is 76.4 Å². The zero-order chi connectivity index (χ0) is 100. The first-order chi connectivity index (χ1) is 64.6. The summed E-state index contributed by atoms with van der Waals surface area (Å²) in [5.74, 6) is -2.02. The number of fused-ring (bicyclic) bond motifs is 4. The van der Waals surface area contributed by atoms with Gasteiger partial charge in [0.15, 0.2) is 23.3 Å². The predicted octanol–water partition coefficient (Wildman–Crippen LogP) is 18.9. The maximum atomic E-state index is 15.4. The van der Waals surface area contributed by atoms with Crippen LogP contribution in [0, 0.1) is 56.9 Å². The number of rotatable bonds is 28. The number of piperidine rings is 1. The van der Waals surface area contributed by atoms with Crippen LogP contribution >= 0.6 is 46.4 Å². The lowest BCUT2D eigenvalue weighted by molar-refractivity contribution is 0.0494. The van der Waals surface area contributed by atoms with E-state index in [4.69, 9.17) is 108 Å². The number of nitrogens with two attached hydrogens (primary N) is 4. The summed E-state index contributed by atoms with van der Waals surface area (Å²) in [5.41, 5.74) is 29.4. The number of carbonyl (C=O) groups is 4. The lowest BCUT2D eigenvalue weighted by Gasteiger charge is -2.35. The van der Waals surface area contributed by atoms with Gasteiger partial charge in [-0.3, -0.25) is 36.8 Å². The molecule has 8 aromatic heterocycles. The average Bonchev–Trinajstić information content (AvgIpc) is 1.70. The van der Waals surface area contributed by atoms with E-state index in [1.807, 2.05) is 140 Å². The molecule has 4 aromatic carbocycles. The molecule has 6 unspecified atom stereocenters. The number of aromatic nitrogens is 12. The van der Waals surface area contributed by atoms with E-state index in [9.17, 15) is 23.6 Å². The third-order valence-corrected chi connectivity index (χ3v) is 25.5. The molecule has 39 heteroatoms. The van der Waals surface area contributed by atoms with Crippen LogP contribution in [0.25, 0.3) is 22.1 Å². The van der Waals surface area contributed by atoms with Gasteiger partial charge in [0.05, 0.1) is 79.4 Å². The molecule has 15 rings (SSSR count).